The van der Waals surface area contributed by atoms with Gasteiger partial charge >= 0.3 is 0 Å². The maximum atomic E-state index is 12.2. The topological polar surface area (TPSA) is 81.4 Å². The number of aryl methyl sites for hydroxylation is 1. The van der Waals surface area contributed by atoms with Crippen molar-refractivity contribution in [3.05, 3.63) is 59.2 Å². The normalized spacial score (nSPS) is 11.0. The molecule has 3 N–H and O–H groups in total. The molecule has 0 heterocycles. The number of para-hydroxylation sites is 1. The number of nitrogens with two attached hydrogens (primary N) is 1. The fourth-order valence-electron chi connectivity index (χ4n) is 2.49. The molecule has 0 bridgehead atoms. The Kier molecular flexibility index (Phi) is 5.47. The van der Waals surface area contributed by atoms with Crippen LogP contribution in [0.25, 0.3) is 0 Å². The van der Waals surface area contributed by atoms with E-state index < -0.39 is 5.91 Å². The number of hydrogen-bond donors (Lipinski definition) is 2. The first-order chi connectivity index (χ1) is 11.7. The van der Waals surface area contributed by atoms with Gasteiger partial charge in [0.2, 0.25) is 0 Å². The zero-order valence-corrected chi connectivity index (χ0v) is 15.1. The number of anilines is 1. The highest BCUT2D eigenvalue weighted by molar-refractivity contribution is 6.03. The van der Waals surface area contributed by atoms with E-state index in [1.807, 2.05) is 19.1 Å². The molecule has 0 aliphatic rings. The Balaban J connectivity index is 2.10. The minimum absolute atomic E-state index is 0.101. The van der Waals surface area contributed by atoms with Crippen molar-refractivity contribution in [1.82, 2.24) is 0 Å². The van der Waals surface area contributed by atoms with Gasteiger partial charge in [-0.1, -0.05) is 50.6 Å². The first kappa shape index (κ1) is 18.5. The monoisotopic (exact) mass is 340 g/mol. The Morgan fingerprint density at radius 2 is 1.80 bits per heavy atom. The van der Waals surface area contributed by atoms with Gasteiger partial charge in [-0.2, -0.15) is 0 Å². The van der Waals surface area contributed by atoms with Gasteiger partial charge in [-0.25, -0.2) is 0 Å². The van der Waals surface area contributed by atoms with Gasteiger partial charge in [0.1, 0.15) is 5.75 Å². The van der Waals surface area contributed by atoms with E-state index in [0.29, 0.717) is 11.4 Å². The summed E-state index contributed by atoms with van der Waals surface area (Å²) in [5, 5.41) is 2.67. The highest BCUT2D eigenvalue weighted by atomic mass is 16.5. The molecule has 132 valence electrons. The van der Waals surface area contributed by atoms with Crippen molar-refractivity contribution in [3.63, 3.8) is 0 Å². The van der Waals surface area contributed by atoms with Gasteiger partial charge in [0.25, 0.3) is 11.8 Å². The largest absolute Gasteiger partial charge is 0.483 e. The summed E-state index contributed by atoms with van der Waals surface area (Å²) in [5.74, 6) is -0.268. The van der Waals surface area contributed by atoms with E-state index in [9.17, 15) is 9.59 Å². The number of nitrogens with one attached hydrogen (secondary N) is 1. The summed E-state index contributed by atoms with van der Waals surface area (Å²) in [6.45, 7) is 8.15. The van der Waals surface area contributed by atoms with E-state index in [0.717, 1.165) is 11.1 Å². The third-order valence-corrected chi connectivity index (χ3v) is 3.77. The summed E-state index contributed by atoms with van der Waals surface area (Å²) in [6, 6.07) is 12.5. The number of carbonyl (C=O) groups is 2. The molecular formula is C20H24N2O3. The maximum absolute atomic E-state index is 12.2. The molecule has 0 saturated carbocycles. The smallest absolute Gasteiger partial charge is 0.262 e. The minimum Gasteiger partial charge on any atom is -0.483 e. The molecule has 5 heteroatoms. The number of amides is 2. The van der Waals surface area contributed by atoms with Crippen molar-refractivity contribution in [1.29, 1.82) is 0 Å². The van der Waals surface area contributed by atoms with E-state index in [2.05, 4.69) is 32.2 Å². The summed E-state index contributed by atoms with van der Waals surface area (Å²) in [5.41, 5.74) is 8.03. The summed E-state index contributed by atoms with van der Waals surface area (Å²) < 4.78 is 5.72. The number of rotatable bonds is 5. The van der Waals surface area contributed by atoms with Crippen molar-refractivity contribution < 1.29 is 14.3 Å². The molecule has 2 aromatic rings. The molecule has 25 heavy (non-hydrogen) atoms. The van der Waals surface area contributed by atoms with E-state index in [4.69, 9.17) is 10.5 Å². The van der Waals surface area contributed by atoms with Crippen molar-refractivity contribution in [2.24, 2.45) is 5.73 Å². The summed E-state index contributed by atoms with van der Waals surface area (Å²) >= 11 is 0. The molecule has 0 aliphatic heterocycles. The fraction of sp³-hybridized carbons (Fsp3) is 0.300. The molecule has 5 nitrogen and oxygen atoms in total. The number of ether oxygens (including phenoxy) is 1. The lowest BCUT2D eigenvalue weighted by atomic mass is 9.85. The molecule has 0 unspecified atom stereocenters. The Bertz CT molecular complexity index is 792. The van der Waals surface area contributed by atoms with E-state index >= 15 is 0 Å². The predicted molar refractivity (Wildman–Crippen MR) is 99.0 cm³/mol. The first-order valence-electron chi connectivity index (χ1n) is 8.11. The van der Waals surface area contributed by atoms with Crippen LogP contribution in [0.3, 0.4) is 0 Å². The number of benzene rings is 2. The number of hydrogen-bond acceptors (Lipinski definition) is 3. The molecule has 2 aromatic carbocycles. The van der Waals surface area contributed by atoms with E-state index in [-0.39, 0.29) is 23.5 Å². The van der Waals surface area contributed by atoms with E-state index in [1.165, 1.54) is 0 Å². The standard InChI is InChI=1S/C20H24N2O3/c1-13-9-10-17(15(11-13)20(2,3)4)25-12-18(23)22-16-8-6-5-7-14(16)19(21)24/h5-11H,12H2,1-4H3,(H2,21,24)(H,22,23). The van der Waals surface area contributed by atoms with E-state index in [1.54, 1.807) is 24.3 Å². The third kappa shape index (κ3) is 4.83. The lowest BCUT2D eigenvalue weighted by Crippen LogP contribution is -2.24. The summed E-state index contributed by atoms with van der Waals surface area (Å²) in [7, 11) is 0. The second kappa shape index (κ2) is 7.38. The van der Waals surface area contributed by atoms with Gasteiger partial charge in [-0.3, -0.25) is 9.59 Å². The third-order valence-electron chi connectivity index (χ3n) is 3.77. The molecule has 0 aliphatic carbocycles. The van der Waals surface area contributed by atoms with Gasteiger partial charge in [-0.05, 0) is 36.1 Å². The van der Waals surface area contributed by atoms with Crippen LogP contribution in [0.5, 0.6) is 5.75 Å². The molecule has 0 radical (unpaired) electrons. The second-order valence-electron chi connectivity index (χ2n) is 7.00. The molecule has 0 spiro atoms. The van der Waals surface area contributed by atoms with Gasteiger partial charge in [0.15, 0.2) is 6.61 Å². The minimum atomic E-state index is -0.592. The van der Waals surface area contributed by atoms with Gasteiger partial charge in [0.05, 0.1) is 11.3 Å². The Hall–Kier alpha value is -2.82. The highest BCUT2D eigenvalue weighted by Crippen LogP contribution is 2.32. The van der Waals surface area contributed by atoms with Crippen molar-refractivity contribution in [2.45, 2.75) is 33.1 Å². The van der Waals surface area contributed by atoms with Gasteiger partial charge in [0, 0.05) is 0 Å². The summed E-state index contributed by atoms with van der Waals surface area (Å²) in [6.07, 6.45) is 0. The van der Waals surface area contributed by atoms with Gasteiger partial charge in [-0.15, -0.1) is 0 Å². The number of primary amides is 1. The first-order valence-corrected chi connectivity index (χ1v) is 8.11. The maximum Gasteiger partial charge on any atom is 0.262 e. The second-order valence-corrected chi connectivity index (χ2v) is 7.00. The zero-order valence-electron chi connectivity index (χ0n) is 15.1. The van der Waals surface area contributed by atoms with Crippen LogP contribution < -0.4 is 15.8 Å². The van der Waals surface area contributed by atoms with Crippen LogP contribution in [-0.4, -0.2) is 18.4 Å². The molecule has 0 aromatic heterocycles. The molecule has 2 rings (SSSR count). The lowest BCUT2D eigenvalue weighted by Gasteiger charge is -2.23. The van der Waals surface area contributed by atoms with Crippen molar-refractivity contribution in [2.75, 3.05) is 11.9 Å². The molecule has 2 amide bonds. The predicted octanol–water partition coefficient (Wildman–Crippen LogP) is 3.41. The Morgan fingerprint density at radius 3 is 2.44 bits per heavy atom. The Labute approximate surface area is 148 Å². The molecule has 0 atom stereocenters. The van der Waals surface area contributed by atoms with Crippen LogP contribution in [-0.2, 0) is 10.2 Å². The van der Waals surface area contributed by atoms with Crippen LogP contribution in [0, 0.1) is 6.92 Å². The van der Waals surface area contributed by atoms with Crippen molar-refractivity contribution in [3.8, 4) is 5.75 Å². The molecule has 0 fully saturated rings. The SMILES string of the molecule is Cc1ccc(OCC(=O)Nc2ccccc2C(N)=O)c(C(C)(C)C)c1. The highest BCUT2D eigenvalue weighted by Gasteiger charge is 2.20. The average Bonchev–Trinajstić information content (AvgIpc) is 2.53. The van der Waals surface area contributed by atoms with Crippen LogP contribution in [0.4, 0.5) is 5.69 Å². The van der Waals surface area contributed by atoms with Crippen LogP contribution in [0.2, 0.25) is 0 Å². The fourth-order valence-corrected chi connectivity index (χ4v) is 2.49. The van der Waals surface area contributed by atoms with Gasteiger partial charge < -0.3 is 15.8 Å². The van der Waals surface area contributed by atoms with Crippen molar-refractivity contribution >= 4 is 17.5 Å². The number of carbonyl (C=O) groups excluding carboxylic acids is 2. The average molecular weight is 340 g/mol. The van der Waals surface area contributed by atoms with Crippen LogP contribution in [0.1, 0.15) is 42.3 Å². The molecular weight excluding hydrogens is 316 g/mol. The summed E-state index contributed by atoms with van der Waals surface area (Å²) in [4.78, 5) is 23.6. The molecule has 0 saturated heterocycles. The Morgan fingerprint density at radius 1 is 1.12 bits per heavy atom. The van der Waals surface area contributed by atoms with Crippen LogP contribution in [0.15, 0.2) is 42.5 Å². The zero-order chi connectivity index (χ0) is 18.6. The quantitative estimate of drug-likeness (QED) is 0.875. The lowest BCUT2D eigenvalue weighted by molar-refractivity contribution is -0.118. The van der Waals surface area contributed by atoms with Crippen LogP contribution >= 0.6 is 0 Å².